The second-order valence-corrected chi connectivity index (χ2v) is 7.36. The van der Waals surface area contributed by atoms with Crippen LogP contribution in [-0.2, 0) is 0 Å². The monoisotopic (exact) mass is 414 g/mol. The van der Waals surface area contributed by atoms with Crippen LogP contribution in [0.1, 0.15) is 24.2 Å². The van der Waals surface area contributed by atoms with Gasteiger partial charge in [0.2, 0.25) is 0 Å². The molecule has 3 N–H and O–H groups in total. The number of hydrogen-bond donors (Lipinski definition) is 3. The van der Waals surface area contributed by atoms with Gasteiger partial charge in [-0.25, -0.2) is 4.79 Å². The standard InChI is InChI=1S/C24H22N4O3/c1-15(2)25-24(30)27-21-11-7-6-10-20(21)26-23(29)17-12-13-19-18(14-17)22(31-28-19)16-8-4-3-5-9-16/h3-15H,1-2H3,(H,26,29)(H2,25,27,30). The number of amides is 3. The van der Waals surface area contributed by atoms with E-state index in [2.05, 4.69) is 21.1 Å². The van der Waals surface area contributed by atoms with Gasteiger partial charge in [-0.15, -0.1) is 0 Å². The molecule has 3 amide bonds. The summed E-state index contributed by atoms with van der Waals surface area (Å²) in [5, 5.41) is 13.2. The lowest BCUT2D eigenvalue weighted by Crippen LogP contribution is -2.34. The highest BCUT2D eigenvalue weighted by molar-refractivity contribution is 6.09. The Balaban J connectivity index is 1.59. The molecule has 0 aliphatic heterocycles. The molecule has 7 heteroatoms. The van der Waals surface area contributed by atoms with Crippen molar-refractivity contribution in [2.45, 2.75) is 19.9 Å². The van der Waals surface area contributed by atoms with E-state index in [1.165, 1.54) is 0 Å². The molecule has 4 aromatic rings. The number of nitrogens with zero attached hydrogens (tertiary/aromatic N) is 1. The van der Waals surface area contributed by atoms with Crippen LogP contribution in [-0.4, -0.2) is 23.1 Å². The number of anilines is 2. The molecule has 0 saturated heterocycles. The minimum absolute atomic E-state index is 0.00383. The smallest absolute Gasteiger partial charge is 0.319 e. The van der Waals surface area contributed by atoms with E-state index in [0.717, 1.165) is 10.9 Å². The molecule has 0 unspecified atom stereocenters. The van der Waals surface area contributed by atoms with E-state index in [4.69, 9.17) is 4.52 Å². The quantitative estimate of drug-likeness (QED) is 0.414. The summed E-state index contributed by atoms with van der Waals surface area (Å²) >= 11 is 0. The Hall–Kier alpha value is -4.13. The molecule has 0 aliphatic carbocycles. The summed E-state index contributed by atoms with van der Waals surface area (Å²) in [7, 11) is 0. The average Bonchev–Trinajstić information content (AvgIpc) is 3.18. The summed E-state index contributed by atoms with van der Waals surface area (Å²) in [4.78, 5) is 25.0. The summed E-state index contributed by atoms with van der Waals surface area (Å²) in [5.74, 6) is 0.304. The molecule has 0 bridgehead atoms. The predicted molar refractivity (Wildman–Crippen MR) is 121 cm³/mol. The van der Waals surface area contributed by atoms with E-state index < -0.39 is 0 Å². The molecule has 7 nitrogen and oxygen atoms in total. The van der Waals surface area contributed by atoms with Gasteiger partial charge in [0.15, 0.2) is 5.76 Å². The number of fused-ring (bicyclic) bond motifs is 1. The SMILES string of the molecule is CC(C)NC(=O)Nc1ccccc1NC(=O)c1ccc2noc(-c3ccccc3)c2c1. The second-order valence-electron chi connectivity index (χ2n) is 7.36. The Bertz CT molecular complexity index is 1230. The van der Waals surface area contributed by atoms with Gasteiger partial charge in [0, 0.05) is 17.2 Å². The Morgan fingerprint density at radius 1 is 0.871 bits per heavy atom. The maximum atomic E-state index is 13.0. The van der Waals surface area contributed by atoms with Crippen LogP contribution >= 0.6 is 0 Å². The number of aromatic nitrogens is 1. The van der Waals surface area contributed by atoms with Gasteiger partial charge in [0.1, 0.15) is 5.52 Å². The molecule has 1 heterocycles. The first kappa shape index (κ1) is 20.2. The first-order valence-electron chi connectivity index (χ1n) is 9.94. The van der Waals surface area contributed by atoms with Crippen molar-refractivity contribution in [2.24, 2.45) is 0 Å². The van der Waals surface area contributed by atoms with E-state index in [0.29, 0.717) is 28.2 Å². The third kappa shape index (κ3) is 4.56. The Morgan fingerprint density at radius 3 is 2.26 bits per heavy atom. The van der Waals surface area contributed by atoms with Crippen LogP contribution in [0.5, 0.6) is 0 Å². The number of carbonyl (C=O) groups is 2. The van der Waals surface area contributed by atoms with E-state index in [1.807, 2.05) is 44.2 Å². The van der Waals surface area contributed by atoms with Crippen LogP contribution in [0.15, 0.2) is 77.3 Å². The minimum atomic E-state index is -0.338. The van der Waals surface area contributed by atoms with Crippen molar-refractivity contribution in [2.75, 3.05) is 10.6 Å². The van der Waals surface area contributed by atoms with Crippen molar-refractivity contribution in [3.63, 3.8) is 0 Å². The lowest BCUT2D eigenvalue weighted by atomic mass is 10.1. The molecule has 3 aromatic carbocycles. The van der Waals surface area contributed by atoms with Crippen molar-refractivity contribution in [3.8, 4) is 11.3 Å². The maximum Gasteiger partial charge on any atom is 0.319 e. The zero-order chi connectivity index (χ0) is 21.8. The van der Waals surface area contributed by atoms with Gasteiger partial charge in [0.05, 0.1) is 16.8 Å². The fourth-order valence-corrected chi connectivity index (χ4v) is 3.20. The third-order valence-corrected chi connectivity index (χ3v) is 4.62. The van der Waals surface area contributed by atoms with Gasteiger partial charge < -0.3 is 20.5 Å². The second kappa shape index (κ2) is 8.71. The number of urea groups is 1. The molecular formula is C24H22N4O3. The first-order chi connectivity index (χ1) is 15.0. The van der Waals surface area contributed by atoms with Crippen molar-refractivity contribution in [3.05, 3.63) is 78.4 Å². The molecule has 0 radical (unpaired) electrons. The molecular weight excluding hydrogens is 392 g/mol. The Kier molecular flexibility index (Phi) is 5.66. The molecule has 0 saturated carbocycles. The topological polar surface area (TPSA) is 96.3 Å². The maximum absolute atomic E-state index is 13.0. The van der Waals surface area contributed by atoms with Gasteiger partial charge in [-0.1, -0.05) is 47.6 Å². The van der Waals surface area contributed by atoms with Crippen molar-refractivity contribution in [1.82, 2.24) is 10.5 Å². The van der Waals surface area contributed by atoms with Gasteiger partial charge in [-0.05, 0) is 44.2 Å². The van der Waals surface area contributed by atoms with Crippen LogP contribution in [0.4, 0.5) is 16.2 Å². The van der Waals surface area contributed by atoms with Gasteiger partial charge in [0.25, 0.3) is 5.91 Å². The summed E-state index contributed by atoms with van der Waals surface area (Å²) in [6.45, 7) is 3.75. The summed E-state index contributed by atoms with van der Waals surface area (Å²) in [6.07, 6.45) is 0. The largest absolute Gasteiger partial charge is 0.355 e. The Morgan fingerprint density at radius 2 is 1.55 bits per heavy atom. The number of para-hydroxylation sites is 2. The molecule has 0 spiro atoms. The molecule has 0 atom stereocenters. The van der Waals surface area contributed by atoms with E-state index >= 15 is 0 Å². The highest BCUT2D eigenvalue weighted by Crippen LogP contribution is 2.29. The van der Waals surface area contributed by atoms with Crippen LogP contribution in [0.25, 0.3) is 22.2 Å². The van der Waals surface area contributed by atoms with Crippen molar-refractivity contribution in [1.29, 1.82) is 0 Å². The number of nitrogens with one attached hydrogen (secondary N) is 3. The van der Waals surface area contributed by atoms with Gasteiger partial charge in [-0.2, -0.15) is 0 Å². The van der Waals surface area contributed by atoms with Gasteiger partial charge >= 0.3 is 6.03 Å². The number of carbonyl (C=O) groups excluding carboxylic acids is 2. The fraction of sp³-hybridized carbons (Fsp3) is 0.125. The summed E-state index contributed by atoms with van der Waals surface area (Å²) in [6, 6.07) is 21.5. The summed E-state index contributed by atoms with van der Waals surface area (Å²) in [5.41, 5.74) is 3.01. The van der Waals surface area contributed by atoms with Crippen LogP contribution < -0.4 is 16.0 Å². The average molecular weight is 414 g/mol. The lowest BCUT2D eigenvalue weighted by Gasteiger charge is -2.14. The molecule has 156 valence electrons. The number of benzene rings is 3. The van der Waals surface area contributed by atoms with Crippen LogP contribution in [0.3, 0.4) is 0 Å². The number of hydrogen-bond acceptors (Lipinski definition) is 4. The highest BCUT2D eigenvalue weighted by Gasteiger charge is 2.15. The molecule has 31 heavy (non-hydrogen) atoms. The first-order valence-corrected chi connectivity index (χ1v) is 9.94. The van der Waals surface area contributed by atoms with Crippen molar-refractivity contribution < 1.29 is 14.1 Å². The molecule has 0 fully saturated rings. The van der Waals surface area contributed by atoms with Crippen LogP contribution in [0.2, 0.25) is 0 Å². The fourth-order valence-electron chi connectivity index (χ4n) is 3.20. The van der Waals surface area contributed by atoms with E-state index in [9.17, 15) is 9.59 Å². The van der Waals surface area contributed by atoms with Gasteiger partial charge in [-0.3, -0.25) is 4.79 Å². The Labute approximate surface area is 179 Å². The van der Waals surface area contributed by atoms with Crippen molar-refractivity contribution >= 4 is 34.2 Å². The molecule has 1 aromatic heterocycles. The lowest BCUT2D eigenvalue weighted by molar-refractivity contribution is 0.102. The van der Waals surface area contributed by atoms with E-state index in [1.54, 1.807) is 42.5 Å². The minimum Gasteiger partial charge on any atom is -0.355 e. The predicted octanol–water partition coefficient (Wildman–Crippen LogP) is 5.28. The zero-order valence-corrected chi connectivity index (χ0v) is 17.2. The summed E-state index contributed by atoms with van der Waals surface area (Å²) < 4.78 is 5.51. The third-order valence-electron chi connectivity index (χ3n) is 4.62. The number of rotatable bonds is 5. The molecule has 0 aliphatic rings. The normalized spacial score (nSPS) is 10.8. The molecule has 4 rings (SSSR count). The van der Waals surface area contributed by atoms with E-state index in [-0.39, 0.29) is 18.0 Å². The highest BCUT2D eigenvalue weighted by atomic mass is 16.5. The van der Waals surface area contributed by atoms with Crippen LogP contribution in [0, 0.1) is 0 Å². The zero-order valence-electron chi connectivity index (χ0n) is 17.2.